The molecule has 1 heterocycles. The van der Waals surface area contributed by atoms with E-state index in [0.29, 0.717) is 24.3 Å². The Morgan fingerprint density at radius 1 is 1.15 bits per heavy atom. The highest BCUT2D eigenvalue weighted by molar-refractivity contribution is 7.89. The first-order chi connectivity index (χ1) is 12.8. The standard InChI is InChI=1S/C19H21FN2O4S/c1-13-5-7-15(12-16(13)20)21-19(23)14-6-8-17(26-2)18(11-14)27(24,25)22-9-3-4-10-22/h5-8,11-12H,3-4,9-10H2,1-2H3,(H,21,23). The van der Waals surface area contributed by atoms with E-state index >= 15 is 0 Å². The Kier molecular flexibility index (Phi) is 5.48. The Hall–Kier alpha value is -2.45. The molecule has 0 aromatic heterocycles. The number of aryl methyl sites for hydroxylation is 1. The summed E-state index contributed by atoms with van der Waals surface area (Å²) in [5.41, 5.74) is 0.911. The van der Waals surface area contributed by atoms with E-state index in [-0.39, 0.29) is 16.2 Å². The van der Waals surface area contributed by atoms with Crippen LogP contribution in [0.15, 0.2) is 41.3 Å². The summed E-state index contributed by atoms with van der Waals surface area (Å²) in [5.74, 6) is -0.779. The van der Waals surface area contributed by atoms with Crippen molar-refractivity contribution in [1.82, 2.24) is 4.31 Å². The molecule has 3 rings (SSSR count). The van der Waals surface area contributed by atoms with Crippen molar-refractivity contribution in [2.24, 2.45) is 0 Å². The molecule has 8 heteroatoms. The third kappa shape index (κ3) is 3.96. The minimum absolute atomic E-state index is 0.0466. The molecule has 2 aromatic rings. The predicted molar refractivity (Wildman–Crippen MR) is 100 cm³/mol. The normalized spacial score (nSPS) is 14.9. The van der Waals surface area contributed by atoms with Crippen LogP contribution in [0, 0.1) is 12.7 Å². The van der Waals surface area contributed by atoms with Crippen LogP contribution in [0.25, 0.3) is 0 Å². The lowest BCUT2D eigenvalue weighted by Gasteiger charge is -2.18. The lowest BCUT2D eigenvalue weighted by molar-refractivity contribution is 0.102. The van der Waals surface area contributed by atoms with Crippen LogP contribution in [0.3, 0.4) is 0 Å². The number of nitrogens with zero attached hydrogens (tertiary/aromatic N) is 1. The number of amides is 1. The van der Waals surface area contributed by atoms with E-state index in [9.17, 15) is 17.6 Å². The number of carbonyl (C=O) groups excluding carboxylic acids is 1. The molecular weight excluding hydrogens is 371 g/mol. The minimum atomic E-state index is -3.75. The number of anilines is 1. The van der Waals surface area contributed by atoms with Gasteiger partial charge in [0, 0.05) is 24.3 Å². The number of hydrogen-bond donors (Lipinski definition) is 1. The molecule has 0 spiro atoms. The summed E-state index contributed by atoms with van der Waals surface area (Å²) in [4.78, 5) is 12.5. The maximum atomic E-state index is 13.7. The number of nitrogens with one attached hydrogen (secondary N) is 1. The molecule has 0 unspecified atom stereocenters. The van der Waals surface area contributed by atoms with Gasteiger partial charge < -0.3 is 10.1 Å². The summed E-state index contributed by atoms with van der Waals surface area (Å²) >= 11 is 0. The Bertz CT molecular complexity index is 970. The van der Waals surface area contributed by atoms with E-state index in [0.717, 1.165) is 12.8 Å². The second-order valence-electron chi connectivity index (χ2n) is 6.39. The third-order valence-electron chi connectivity index (χ3n) is 4.54. The average Bonchev–Trinajstić information content (AvgIpc) is 3.20. The lowest BCUT2D eigenvalue weighted by Crippen LogP contribution is -2.28. The molecular formula is C19H21FN2O4S. The molecule has 0 bridgehead atoms. The number of methoxy groups -OCH3 is 1. The molecule has 0 aliphatic carbocycles. The van der Waals surface area contributed by atoms with Gasteiger partial charge in [-0.2, -0.15) is 4.31 Å². The first-order valence-electron chi connectivity index (χ1n) is 8.58. The Morgan fingerprint density at radius 2 is 1.85 bits per heavy atom. The molecule has 0 saturated carbocycles. The minimum Gasteiger partial charge on any atom is -0.495 e. The van der Waals surface area contributed by atoms with Crippen molar-refractivity contribution in [3.8, 4) is 5.75 Å². The van der Waals surface area contributed by atoms with Crippen LogP contribution in [-0.2, 0) is 10.0 Å². The van der Waals surface area contributed by atoms with Gasteiger partial charge in [0.2, 0.25) is 10.0 Å². The van der Waals surface area contributed by atoms with Crippen molar-refractivity contribution in [2.45, 2.75) is 24.7 Å². The van der Waals surface area contributed by atoms with E-state index in [1.165, 1.54) is 35.7 Å². The maximum absolute atomic E-state index is 13.7. The van der Waals surface area contributed by atoms with Crippen molar-refractivity contribution in [2.75, 3.05) is 25.5 Å². The molecule has 144 valence electrons. The number of rotatable bonds is 5. The summed E-state index contributed by atoms with van der Waals surface area (Å²) < 4.78 is 46.0. The van der Waals surface area contributed by atoms with Gasteiger partial charge in [-0.1, -0.05) is 6.07 Å². The number of ether oxygens (including phenoxy) is 1. The second-order valence-corrected chi connectivity index (χ2v) is 8.30. The second kappa shape index (κ2) is 7.66. The van der Waals surface area contributed by atoms with Gasteiger partial charge in [0.05, 0.1) is 7.11 Å². The number of halogens is 1. The summed E-state index contributed by atoms with van der Waals surface area (Å²) in [5, 5.41) is 2.58. The molecule has 27 heavy (non-hydrogen) atoms. The van der Waals surface area contributed by atoms with Gasteiger partial charge in [0.1, 0.15) is 16.5 Å². The molecule has 1 N–H and O–H groups in total. The molecule has 6 nitrogen and oxygen atoms in total. The maximum Gasteiger partial charge on any atom is 0.255 e. The van der Waals surface area contributed by atoms with Gasteiger partial charge in [-0.3, -0.25) is 4.79 Å². The largest absolute Gasteiger partial charge is 0.495 e. The van der Waals surface area contributed by atoms with Crippen LogP contribution in [0.4, 0.5) is 10.1 Å². The van der Waals surface area contributed by atoms with Crippen LogP contribution in [0.2, 0.25) is 0 Å². The van der Waals surface area contributed by atoms with Crippen molar-refractivity contribution < 1.29 is 22.3 Å². The smallest absolute Gasteiger partial charge is 0.255 e. The zero-order valence-corrected chi connectivity index (χ0v) is 16.0. The van der Waals surface area contributed by atoms with Crippen molar-refractivity contribution >= 4 is 21.6 Å². The molecule has 0 radical (unpaired) electrons. The molecule has 0 atom stereocenters. The zero-order valence-electron chi connectivity index (χ0n) is 15.2. The van der Waals surface area contributed by atoms with E-state index in [2.05, 4.69) is 5.32 Å². The zero-order chi connectivity index (χ0) is 19.6. The first kappa shape index (κ1) is 19.3. The SMILES string of the molecule is COc1ccc(C(=O)Nc2ccc(C)c(F)c2)cc1S(=O)(=O)N1CCCC1. The third-order valence-corrected chi connectivity index (χ3v) is 6.46. The Morgan fingerprint density at radius 3 is 2.48 bits per heavy atom. The van der Waals surface area contributed by atoms with Crippen molar-refractivity contribution in [1.29, 1.82) is 0 Å². The Labute approximate surface area is 158 Å². The van der Waals surface area contributed by atoms with Gasteiger partial charge >= 0.3 is 0 Å². The molecule has 1 fully saturated rings. The van der Waals surface area contributed by atoms with Crippen molar-refractivity contribution in [3.63, 3.8) is 0 Å². The fourth-order valence-electron chi connectivity index (χ4n) is 2.96. The van der Waals surface area contributed by atoms with E-state index in [1.54, 1.807) is 19.1 Å². The fraction of sp³-hybridized carbons (Fsp3) is 0.316. The summed E-state index contributed by atoms with van der Waals surface area (Å²) in [6.45, 7) is 2.52. The highest BCUT2D eigenvalue weighted by Gasteiger charge is 2.30. The van der Waals surface area contributed by atoms with Crippen LogP contribution in [0.5, 0.6) is 5.75 Å². The molecule has 1 amide bonds. The van der Waals surface area contributed by atoms with Crippen LogP contribution >= 0.6 is 0 Å². The highest BCUT2D eigenvalue weighted by atomic mass is 32.2. The van der Waals surface area contributed by atoms with Gasteiger partial charge in [0.15, 0.2) is 0 Å². The van der Waals surface area contributed by atoms with E-state index in [4.69, 9.17) is 4.74 Å². The molecule has 1 aliphatic heterocycles. The molecule has 1 aliphatic rings. The van der Waals surface area contributed by atoms with E-state index < -0.39 is 21.7 Å². The predicted octanol–water partition coefficient (Wildman–Crippen LogP) is 3.18. The van der Waals surface area contributed by atoms with Gasteiger partial charge in [-0.05, 0) is 55.7 Å². The average molecular weight is 392 g/mol. The van der Waals surface area contributed by atoms with Crippen LogP contribution in [0.1, 0.15) is 28.8 Å². The lowest BCUT2D eigenvalue weighted by atomic mass is 10.2. The summed E-state index contributed by atoms with van der Waals surface area (Å²) in [6.07, 6.45) is 1.61. The van der Waals surface area contributed by atoms with Gasteiger partial charge in [-0.25, -0.2) is 12.8 Å². The number of benzene rings is 2. The van der Waals surface area contributed by atoms with Crippen molar-refractivity contribution in [3.05, 3.63) is 53.3 Å². The highest BCUT2D eigenvalue weighted by Crippen LogP contribution is 2.30. The van der Waals surface area contributed by atoms with E-state index in [1.807, 2.05) is 0 Å². The fourth-order valence-corrected chi connectivity index (χ4v) is 4.66. The summed E-state index contributed by atoms with van der Waals surface area (Å²) in [7, 11) is -2.37. The van der Waals surface area contributed by atoms with Gasteiger partial charge in [-0.15, -0.1) is 0 Å². The monoisotopic (exact) mass is 392 g/mol. The quantitative estimate of drug-likeness (QED) is 0.848. The summed E-state index contributed by atoms with van der Waals surface area (Å²) in [6, 6.07) is 8.59. The first-order valence-corrected chi connectivity index (χ1v) is 10.0. The molecule has 2 aromatic carbocycles. The number of hydrogen-bond acceptors (Lipinski definition) is 4. The number of carbonyl (C=O) groups is 1. The Balaban J connectivity index is 1.92. The van der Waals surface area contributed by atoms with Crippen LogP contribution in [-0.4, -0.2) is 38.8 Å². The topological polar surface area (TPSA) is 75.7 Å². The van der Waals surface area contributed by atoms with Crippen LogP contribution < -0.4 is 10.1 Å². The van der Waals surface area contributed by atoms with Gasteiger partial charge in [0.25, 0.3) is 5.91 Å². The number of sulfonamides is 1. The molecule has 1 saturated heterocycles.